The molecule has 0 spiro atoms. The Kier molecular flexibility index (Phi) is 4.65. The van der Waals surface area contributed by atoms with Crippen LogP contribution in [-0.2, 0) is 0 Å². The van der Waals surface area contributed by atoms with E-state index >= 15 is 0 Å². The topological polar surface area (TPSA) is 54.0 Å². The van der Waals surface area contributed by atoms with Crippen LogP contribution in [-0.4, -0.2) is 10.9 Å². The average Bonchev–Trinajstić information content (AvgIpc) is 2.60. The number of nitrogens with one attached hydrogen (secondary N) is 2. The maximum absolute atomic E-state index is 13.2. The molecular weight excluding hydrogens is 331 g/mol. The molecule has 4 nitrogen and oxygen atoms in total. The molecule has 1 amide bonds. The molecule has 0 radical (unpaired) electrons. The Morgan fingerprint density at radius 2 is 1.48 bits per heavy atom. The first kappa shape index (κ1) is 16.5. The molecule has 7 heteroatoms. The number of hydrogen-bond acceptors (Lipinski definition) is 3. The maximum Gasteiger partial charge on any atom is 0.274 e. The molecule has 3 aromatic rings. The Labute approximate surface area is 141 Å². The summed E-state index contributed by atoms with van der Waals surface area (Å²) in [5.74, 6) is -2.82. The van der Waals surface area contributed by atoms with Crippen LogP contribution in [0.4, 0.5) is 30.2 Å². The smallest absolute Gasteiger partial charge is 0.274 e. The summed E-state index contributed by atoms with van der Waals surface area (Å²) in [4.78, 5) is 16.2. The van der Waals surface area contributed by atoms with Crippen LogP contribution in [0, 0.1) is 17.5 Å². The number of pyridine rings is 1. The molecule has 1 aromatic heterocycles. The normalized spacial score (nSPS) is 10.4. The Hall–Kier alpha value is -3.35. The van der Waals surface area contributed by atoms with Gasteiger partial charge in [0.1, 0.15) is 11.5 Å². The van der Waals surface area contributed by atoms with Gasteiger partial charge in [0, 0.05) is 29.3 Å². The van der Waals surface area contributed by atoms with E-state index in [1.807, 2.05) is 0 Å². The van der Waals surface area contributed by atoms with Crippen LogP contribution >= 0.6 is 0 Å². The highest BCUT2D eigenvalue weighted by molar-refractivity contribution is 6.03. The fourth-order valence-corrected chi connectivity index (χ4v) is 2.10. The standard InChI is InChI=1S/C18H12F3N3O/c19-11-1-3-12(4-2-11)24-18(25)17-10-14(7-8-22-17)23-13-5-6-15(20)16(21)9-13/h1-10H,(H,22,23)(H,24,25). The highest BCUT2D eigenvalue weighted by Crippen LogP contribution is 2.19. The highest BCUT2D eigenvalue weighted by Gasteiger charge is 2.09. The third-order valence-corrected chi connectivity index (χ3v) is 3.30. The molecule has 0 bridgehead atoms. The van der Waals surface area contributed by atoms with Crippen molar-refractivity contribution < 1.29 is 18.0 Å². The minimum absolute atomic E-state index is 0.108. The predicted octanol–water partition coefficient (Wildman–Crippen LogP) is 4.49. The lowest BCUT2D eigenvalue weighted by Crippen LogP contribution is -2.13. The second kappa shape index (κ2) is 7.04. The van der Waals surface area contributed by atoms with Gasteiger partial charge in [-0.2, -0.15) is 0 Å². The second-order valence-electron chi connectivity index (χ2n) is 5.14. The number of carbonyl (C=O) groups is 1. The minimum atomic E-state index is -0.978. The Balaban J connectivity index is 1.75. The number of carbonyl (C=O) groups excluding carboxylic acids is 1. The van der Waals surface area contributed by atoms with Gasteiger partial charge in [0.05, 0.1) is 0 Å². The Bertz CT molecular complexity index is 914. The van der Waals surface area contributed by atoms with Crippen molar-refractivity contribution in [2.75, 3.05) is 10.6 Å². The zero-order chi connectivity index (χ0) is 17.8. The molecule has 0 unspecified atom stereocenters. The zero-order valence-corrected chi connectivity index (χ0v) is 12.8. The minimum Gasteiger partial charge on any atom is -0.355 e. The molecule has 3 rings (SSSR count). The van der Waals surface area contributed by atoms with Crippen LogP contribution < -0.4 is 10.6 Å². The molecule has 126 valence electrons. The number of hydrogen-bond donors (Lipinski definition) is 2. The predicted molar refractivity (Wildman–Crippen MR) is 88.2 cm³/mol. The summed E-state index contributed by atoms with van der Waals surface area (Å²) in [7, 11) is 0. The molecule has 2 N–H and O–H groups in total. The molecule has 0 fully saturated rings. The quantitative estimate of drug-likeness (QED) is 0.734. The molecule has 0 saturated carbocycles. The van der Waals surface area contributed by atoms with E-state index in [2.05, 4.69) is 15.6 Å². The van der Waals surface area contributed by atoms with Crippen LogP contribution in [0.25, 0.3) is 0 Å². The van der Waals surface area contributed by atoms with E-state index in [4.69, 9.17) is 0 Å². The fourth-order valence-electron chi connectivity index (χ4n) is 2.10. The highest BCUT2D eigenvalue weighted by atomic mass is 19.2. The van der Waals surface area contributed by atoms with Crippen LogP contribution in [0.5, 0.6) is 0 Å². The number of amides is 1. The van der Waals surface area contributed by atoms with E-state index in [1.165, 1.54) is 42.6 Å². The van der Waals surface area contributed by atoms with E-state index < -0.39 is 23.4 Å². The number of benzene rings is 2. The summed E-state index contributed by atoms with van der Waals surface area (Å²) in [6.07, 6.45) is 1.40. The molecule has 1 heterocycles. The number of aromatic nitrogens is 1. The van der Waals surface area contributed by atoms with Crippen molar-refractivity contribution in [2.45, 2.75) is 0 Å². The first-order valence-electron chi connectivity index (χ1n) is 7.26. The Morgan fingerprint density at radius 3 is 2.20 bits per heavy atom. The number of anilines is 3. The van der Waals surface area contributed by atoms with E-state index in [1.54, 1.807) is 6.07 Å². The maximum atomic E-state index is 13.2. The third kappa shape index (κ3) is 4.14. The van der Waals surface area contributed by atoms with Gasteiger partial charge in [-0.3, -0.25) is 9.78 Å². The molecule has 0 aliphatic rings. The van der Waals surface area contributed by atoms with Crippen molar-refractivity contribution in [2.24, 2.45) is 0 Å². The van der Waals surface area contributed by atoms with Crippen molar-refractivity contribution >= 4 is 23.0 Å². The monoisotopic (exact) mass is 343 g/mol. The second-order valence-corrected chi connectivity index (χ2v) is 5.14. The van der Waals surface area contributed by atoms with Gasteiger partial charge in [0.25, 0.3) is 5.91 Å². The zero-order valence-electron chi connectivity index (χ0n) is 12.8. The SMILES string of the molecule is O=C(Nc1ccc(F)cc1)c1cc(Nc2ccc(F)c(F)c2)ccn1. The summed E-state index contributed by atoms with van der Waals surface area (Å²) < 4.78 is 39.1. The number of nitrogens with zero attached hydrogens (tertiary/aromatic N) is 1. The first-order valence-corrected chi connectivity index (χ1v) is 7.26. The first-order chi connectivity index (χ1) is 12.0. The van der Waals surface area contributed by atoms with Gasteiger partial charge in [0.2, 0.25) is 0 Å². The van der Waals surface area contributed by atoms with Gasteiger partial charge < -0.3 is 10.6 Å². The average molecular weight is 343 g/mol. The lowest BCUT2D eigenvalue weighted by molar-refractivity contribution is 0.102. The van der Waals surface area contributed by atoms with Crippen LogP contribution in [0.2, 0.25) is 0 Å². The number of rotatable bonds is 4. The van der Waals surface area contributed by atoms with Gasteiger partial charge in [-0.15, -0.1) is 0 Å². The molecule has 0 aliphatic heterocycles. The van der Waals surface area contributed by atoms with Crippen LogP contribution in [0.1, 0.15) is 10.5 Å². The summed E-state index contributed by atoms with van der Waals surface area (Å²) in [6.45, 7) is 0. The largest absolute Gasteiger partial charge is 0.355 e. The number of halogens is 3. The van der Waals surface area contributed by atoms with E-state index in [9.17, 15) is 18.0 Å². The van der Waals surface area contributed by atoms with Crippen molar-refractivity contribution in [3.05, 3.63) is 83.9 Å². The van der Waals surface area contributed by atoms with E-state index in [0.717, 1.165) is 12.1 Å². The fraction of sp³-hybridized carbons (Fsp3) is 0. The Morgan fingerprint density at radius 1 is 0.800 bits per heavy atom. The molecule has 0 atom stereocenters. The summed E-state index contributed by atoms with van der Waals surface area (Å²) in [5, 5.41) is 5.45. The van der Waals surface area contributed by atoms with Crippen molar-refractivity contribution in [3.8, 4) is 0 Å². The summed E-state index contributed by atoms with van der Waals surface area (Å²) >= 11 is 0. The van der Waals surface area contributed by atoms with Crippen LogP contribution in [0.3, 0.4) is 0 Å². The lowest BCUT2D eigenvalue weighted by atomic mass is 10.2. The summed E-state index contributed by atoms with van der Waals surface area (Å²) in [5.41, 5.74) is 1.34. The van der Waals surface area contributed by atoms with Crippen molar-refractivity contribution in [1.29, 1.82) is 0 Å². The van der Waals surface area contributed by atoms with Gasteiger partial charge >= 0.3 is 0 Å². The molecule has 25 heavy (non-hydrogen) atoms. The van der Waals surface area contributed by atoms with Gasteiger partial charge in [-0.05, 0) is 48.5 Å². The third-order valence-electron chi connectivity index (χ3n) is 3.30. The molecule has 0 aliphatic carbocycles. The lowest BCUT2D eigenvalue weighted by Gasteiger charge is -2.09. The molecule has 2 aromatic carbocycles. The van der Waals surface area contributed by atoms with Crippen molar-refractivity contribution in [3.63, 3.8) is 0 Å². The van der Waals surface area contributed by atoms with Gasteiger partial charge in [-0.1, -0.05) is 0 Å². The van der Waals surface area contributed by atoms with Crippen LogP contribution in [0.15, 0.2) is 60.8 Å². The van der Waals surface area contributed by atoms with Crippen molar-refractivity contribution in [1.82, 2.24) is 4.98 Å². The van der Waals surface area contributed by atoms with E-state index in [-0.39, 0.29) is 5.69 Å². The molecular formula is C18H12F3N3O. The van der Waals surface area contributed by atoms with Gasteiger partial charge in [-0.25, -0.2) is 13.2 Å². The van der Waals surface area contributed by atoms with Gasteiger partial charge in [0.15, 0.2) is 11.6 Å². The summed E-state index contributed by atoms with van der Waals surface area (Å²) in [6, 6.07) is 11.7. The molecule has 0 saturated heterocycles. The van der Waals surface area contributed by atoms with E-state index in [0.29, 0.717) is 17.1 Å².